The average Bonchev–Trinajstić information content (AvgIpc) is 1.96. The van der Waals surface area contributed by atoms with Gasteiger partial charge in [0.1, 0.15) is 0 Å². The van der Waals surface area contributed by atoms with Gasteiger partial charge in [-0.1, -0.05) is 12.2 Å². The molecule has 0 heterocycles. The van der Waals surface area contributed by atoms with E-state index in [0.29, 0.717) is 0 Å². The van der Waals surface area contributed by atoms with Crippen molar-refractivity contribution in [2.75, 3.05) is 0 Å². The minimum Gasteiger partial charge on any atom is -0.320 e. The Morgan fingerprint density at radius 1 is 0.824 bits per heavy atom. The maximum atomic E-state index is 3.91. The van der Waals surface area contributed by atoms with Crippen molar-refractivity contribution >= 4 is 8.40 Å². The first-order valence-corrected chi connectivity index (χ1v) is 8.75. The second kappa shape index (κ2) is 5.98. The molecular formula is C14H30N2Si. The Hall–Kier alpha value is -0.383. The van der Waals surface area contributed by atoms with Gasteiger partial charge >= 0.3 is 0 Å². The van der Waals surface area contributed by atoms with E-state index >= 15 is 0 Å². The van der Waals surface area contributed by atoms with Crippen molar-refractivity contribution in [1.82, 2.24) is 9.96 Å². The SMILES string of the molecule is C=CC[Si](CC=C)(NC(C)(C)C)NC(C)(C)C. The van der Waals surface area contributed by atoms with Crippen molar-refractivity contribution in [2.45, 2.75) is 64.7 Å². The van der Waals surface area contributed by atoms with Gasteiger partial charge < -0.3 is 9.96 Å². The lowest BCUT2D eigenvalue weighted by atomic mass is 10.1. The molecule has 2 N–H and O–H groups in total. The van der Waals surface area contributed by atoms with Crippen LogP contribution in [0.4, 0.5) is 0 Å². The Bertz CT molecular complexity index is 230. The predicted octanol–water partition coefficient (Wildman–Crippen LogP) is 3.58. The zero-order valence-corrected chi connectivity index (χ0v) is 13.5. The molecule has 0 aliphatic heterocycles. The van der Waals surface area contributed by atoms with Gasteiger partial charge in [0.15, 0.2) is 0 Å². The third kappa shape index (κ3) is 7.52. The van der Waals surface area contributed by atoms with E-state index in [9.17, 15) is 0 Å². The minimum absolute atomic E-state index is 0.108. The summed E-state index contributed by atoms with van der Waals surface area (Å²) in [5.74, 6) is 0. The van der Waals surface area contributed by atoms with Crippen LogP contribution in [0.15, 0.2) is 25.3 Å². The fourth-order valence-corrected chi connectivity index (χ4v) is 6.74. The third-order valence-electron chi connectivity index (χ3n) is 2.21. The van der Waals surface area contributed by atoms with Crippen LogP contribution in [0.1, 0.15) is 41.5 Å². The molecule has 0 aromatic carbocycles. The molecule has 0 aromatic heterocycles. The maximum absolute atomic E-state index is 3.91. The zero-order chi connectivity index (χ0) is 13.7. The summed E-state index contributed by atoms with van der Waals surface area (Å²) in [5, 5.41) is 0. The fraction of sp³-hybridized carbons (Fsp3) is 0.714. The van der Waals surface area contributed by atoms with Crippen LogP contribution in [0.3, 0.4) is 0 Å². The van der Waals surface area contributed by atoms with Gasteiger partial charge in [0.2, 0.25) is 8.40 Å². The van der Waals surface area contributed by atoms with E-state index in [1.807, 2.05) is 12.2 Å². The first kappa shape index (κ1) is 16.6. The molecule has 2 nitrogen and oxygen atoms in total. The summed E-state index contributed by atoms with van der Waals surface area (Å²) in [5.41, 5.74) is 0.215. The van der Waals surface area contributed by atoms with E-state index in [1.165, 1.54) is 0 Å². The normalized spacial score (nSPS) is 13.5. The molecule has 0 unspecified atom stereocenters. The quantitative estimate of drug-likeness (QED) is 0.559. The molecule has 0 aromatic rings. The number of hydrogen-bond donors (Lipinski definition) is 2. The highest BCUT2D eigenvalue weighted by Crippen LogP contribution is 2.19. The Morgan fingerprint density at radius 3 is 1.29 bits per heavy atom. The summed E-state index contributed by atoms with van der Waals surface area (Å²) in [4.78, 5) is 7.63. The molecule has 0 fully saturated rings. The van der Waals surface area contributed by atoms with Crippen molar-refractivity contribution < 1.29 is 0 Å². The fourth-order valence-electron chi connectivity index (χ4n) is 2.25. The summed E-state index contributed by atoms with van der Waals surface area (Å²) in [6, 6.07) is 2.01. The molecule has 0 amide bonds. The number of nitrogens with one attached hydrogen (secondary N) is 2. The van der Waals surface area contributed by atoms with Crippen LogP contribution in [-0.4, -0.2) is 19.5 Å². The van der Waals surface area contributed by atoms with Gasteiger partial charge in [0.25, 0.3) is 0 Å². The van der Waals surface area contributed by atoms with Crippen LogP contribution < -0.4 is 9.96 Å². The monoisotopic (exact) mass is 254 g/mol. The first-order chi connectivity index (χ1) is 7.54. The summed E-state index contributed by atoms with van der Waals surface area (Å²) >= 11 is 0. The summed E-state index contributed by atoms with van der Waals surface area (Å²) < 4.78 is 0. The predicted molar refractivity (Wildman–Crippen MR) is 81.5 cm³/mol. The zero-order valence-electron chi connectivity index (χ0n) is 12.5. The Kier molecular flexibility index (Phi) is 5.85. The van der Waals surface area contributed by atoms with Crippen LogP contribution in [-0.2, 0) is 0 Å². The van der Waals surface area contributed by atoms with Gasteiger partial charge in [-0.2, -0.15) is 0 Å². The number of rotatable bonds is 6. The molecule has 0 radical (unpaired) electrons. The molecule has 0 aliphatic rings. The molecule has 100 valence electrons. The van der Waals surface area contributed by atoms with Crippen molar-refractivity contribution in [3.8, 4) is 0 Å². The lowest BCUT2D eigenvalue weighted by Crippen LogP contribution is -2.70. The standard InChI is InChI=1S/C14H30N2Si/c1-9-11-17(12-10-2,15-13(3,4)5)16-14(6,7)8/h9-10,15-16H,1-2,11-12H2,3-8H3. The Labute approximate surface area is 109 Å². The van der Waals surface area contributed by atoms with E-state index in [-0.39, 0.29) is 11.1 Å². The lowest BCUT2D eigenvalue weighted by Gasteiger charge is -2.42. The van der Waals surface area contributed by atoms with Crippen LogP contribution in [0, 0.1) is 0 Å². The second-order valence-electron chi connectivity index (χ2n) is 6.82. The van der Waals surface area contributed by atoms with E-state index in [2.05, 4.69) is 64.7 Å². The number of hydrogen-bond acceptors (Lipinski definition) is 2. The van der Waals surface area contributed by atoms with E-state index < -0.39 is 8.40 Å². The first-order valence-electron chi connectivity index (χ1n) is 6.34. The largest absolute Gasteiger partial charge is 0.320 e. The summed E-state index contributed by atoms with van der Waals surface area (Å²) in [7, 11) is -1.80. The molecule has 3 heteroatoms. The third-order valence-corrected chi connectivity index (χ3v) is 6.64. The van der Waals surface area contributed by atoms with Crippen molar-refractivity contribution in [2.24, 2.45) is 0 Å². The maximum Gasteiger partial charge on any atom is 0.209 e. The van der Waals surface area contributed by atoms with Gasteiger partial charge in [-0.25, -0.2) is 0 Å². The van der Waals surface area contributed by atoms with Gasteiger partial charge in [0.05, 0.1) is 0 Å². The van der Waals surface area contributed by atoms with Crippen LogP contribution in [0.5, 0.6) is 0 Å². The summed E-state index contributed by atoms with van der Waals surface area (Å²) in [6.07, 6.45) is 4.04. The topological polar surface area (TPSA) is 24.1 Å². The highest BCUT2D eigenvalue weighted by molar-refractivity contribution is 6.76. The minimum atomic E-state index is -1.80. The van der Waals surface area contributed by atoms with Crippen LogP contribution >= 0.6 is 0 Å². The van der Waals surface area contributed by atoms with E-state index in [0.717, 1.165) is 12.1 Å². The average molecular weight is 254 g/mol. The van der Waals surface area contributed by atoms with Gasteiger partial charge in [-0.05, 0) is 53.6 Å². The lowest BCUT2D eigenvalue weighted by molar-refractivity contribution is 0.461. The van der Waals surface area contributed by atoms with Gasteiger partial charge in [-0.3, -0.25) is 0 Å². The molecule has 0 bridgehead atoms. The highest BCUT2D eigenvalue weighted by atomic mass is 28.3. The molecule has 17 heavy (non-hydrogen) atoms. The molecule has 0 atom stereocenters. The van der Waals surface area contributed by atoms with Crippen molar-refractivity contribution in [3.05, 3.63) is 25.3 Å². The smallest absolute Gasteiger partial charge is 0.209 e. The van der Waals surface area contributed by atoms with Gasteiger partial charge in [-0.15, -0.1) is 13.2 Å². The summed E-state index contributed by atoms with van der Waals surface area (Å²) in [6.45, 7) is 21.1. The molecule has 0 spiro atoms. The van der Waals surface area contributed by atoms with Crippen LogP contribution in [0.2, 0.25) is 12.1 Å². The molecule has 0 aliphatic carbocycles. The van der Waals surface area contributed by atoms with E-state index in [1.54, 1.807) is 0 Å². The van der Waals surface area contributed by atoms with Crippen LogP contribution in [0.25, 0.3) is 0 Å². The molecular weight excluding hydrogens is 224 g/mol. The van der Waals surface area contributed by atoms with E-state index in [4.69, 9.17) is 0 Å². The second-order valence-corrected chi connectivity index (χ2v) is 10.3. The molecule has 0 rings (SSSR count). The highest BCUT2D eigenvalue weighted by Gasteiger charge is 2.37. The molecule has 0 saturated heterocycles. The Balaban J connectivity index is 5.10. The van der Waals surface area contributed by atoms with Gasteiger partial charge in [0, 0.05) is 11.1 Å². The van der Waals surface area contributed by atoms with Crippen molar-refractivity contribution in [3.63, 3.8) is 0 Å². The molecule has 0 saturated carbocycles. The number of allylic oxidation sites excluding steroid dienone is 2. The Morgan fingerprint density at radius 2 is 1.12 bits per heavy atom. The van der Waals surface area contributed by atoms with Crippen molar-refractivity contribution in [1.29, 1.82) is 0 Å².